The van der Waals surface area contributed by atoms with Crippen molar-refractivity contribution >= 4 is 26.7 Å². The number of aromatic nitrogens is 2. The maximum Gasteiger partial charge on any atom is 0.267 e. The number of anilines is 1. The molecule has 0 aliphatic carbocycles. The largest absolute Gasteiger partial charge is 0.345 e. The maximum atomic E-state index is 12.6. The maximum absolute atomic E-state index is 12.6. The van der Waals surface area contributed by atoms with Gasteiger partial charge in [-0.15, -0.1) is 0 Å². The molecular weight excluding hydrogens is 314 g/mol. The predicted molar refractivity (Wildman–Crippen MR) is 89.1 cm³/mol. The van der Waals surface area contributed by atoms with Crippen molar-refractivity contribution in [2.75, 3.05) is 4.72 Å². The molecule has 0 radical (unpaired) electrons. The summed E-state index contributed by atoms with van der Waals surface area (Å²) in [4.78, 5) is 19.3. The van der Waals surface area contributed by atoms with Gasteiger partial charge in [-0.2, -0.15) is 0 Å². The van der Waals surface area contributed by atoms with E-state index < -0.39 is 15.5 Å². The molecule has 0 aliphatic rings. The number of para-hydroxylation sites is 1. The zero-order valence-electron chi connectivity index (χ0n) is 12.6. The van der Waals surface area contributed by atoms with E-state index in [0.717, 1.165) is 5.69 Å². The van der Waals surface area contributed by atoms with Gasteiger partial charge in [0.05, 0.1) is 5.39 Å². The van der Waals surface area contributed by atoms with Gasteiger partial charge in [-0.3, -0.25) is 9.52 Å². The number of aryl methyl sites for hydroxylation is 2. The van der Waals surface area contributed by atoms with E-state index in [1.165, 1.54) is 6.20 Å². The standard InChI is InChI=1S/C16H15N3O3S/c1-10-8-11(2)18-16-14(10)15(20)13(9-17-16)23(21,22)19-12-6-4-3-5-7-12/h3-9,19H,1-2H3,(H,17,18,20). The average molecular weight is 329 g/mol. The van der Waals surface area contributed by atoms with Gasteiger partial charge in [-0.05, 0) is 37.6 Å². The Kier molecular flexibility index (Phi) is 3.65. The fraction of sp³-hybridized carbons (Fsp3) is 0.125. The van der Waals surface area contributed by atoms with E-state index in [1.54, 1.807) is 43.3 Å². The van der Waals surface area contributed by atoms with E-state index in [0.29, 0.717) is 16.9 Å². The van der Waals surface area contributed by atoms with Gasteiger partial charge in [0.15, 0.2) is 4.90 Å². The Morgan fingerprint density at radius 1 is 1.13 bits per heavy atom. The second-order valence-electron chi connectivity index (χ2n) is 5.26. The highest BCUT2D eigenvalue weighted by Crippen LogP contribution is 2.17. The second kappa shape index (κ2) is 5.51. The lowest BCUT2D eigenvalue weighted by Gasteiger charge is -2.09. The fourth-order valence-corrected chi connectivity index (χ4v) is 3.58. The summed E-state index contributed by atoms with van der Waals surface area (Å²) in [5.74, 6) is 0. The molecule has 0 fully saturated rings. The third kappa shape index (κ3) is 2.83. The normalized spacial score (nSPS) is 11.6. The molecule has 2 heterocycles. The van der Waals surface area contributed by atoms with Gasteiger partial charge in [0.1, 0.15) is 5.65 Å². The zero-order chi connectivity index (χ0) is 16.6. The average Bonchev–Trinajstić information content (AvgIpc) is 2.46. The van der Waals surface area contributed by atoms with Gasteiger partial charge < -0.3 is 4.98 Å². The van der Waals surface area contributed by atoms with Crippen molar-refractivity contribution < 1.29 is 8.42 Å². The van der Waals surface area contributed by atoms with Crippen LogP contribution in [0.15, 0.2) is 52.3 Å². The van der Waals surface area contributed by atoms with Crippen LogP contribution >= 0.6 is 0 Å². The summed E-state index contributed by atoms with van der Waals surface area (Å²) in [5.41, 5.74) is 1.65. The van der Waals surface area contributed by atoms with Crippen LogP contribution in [0, 0.1) is 13.8 Å². The molecule has 23 heavy (non-hydrogen) atoms. The van der Waals surface area contributed by atoms with E-state index in [4.69, 9.17) is 0 Å². The number of sulfonamides is 1. The number of nitrogens with one attached hydrogen (secondary N) is 2. The minimum atomic E-state index is -3.98. The molecule has 3 aromatic rings. The van der Waals surface area contributed by atoms with Crippen molar-refractivity contribution in [3.05, 3.63) is 64.1 Å². The van der Waals surface area contributed by atoms with Gasteiger partial charge in [-0.25, -0.2) is 13.4 Å². The van der Waals surface area contributed by atoms with Crippen LogP contribution in [0.3, 0.4) is 0 Å². The lowest BCUT2D eigenvalue weighted by atomic mass is 10.1. The third-order valence-electron chi connectivity index (χ3n) is 3.45. The molecule has 118 valence electrons. The number of benzene rings is 1. The molecule has 6 nitrogen and oxygen atoms in total. The van der Waals surface area contributed by atoms with E-state index in [-0.39, 0.29) is 10.3 Å². The minimum Gasteiger partial charge on any atom is -0.345 e. The van der Waals surface area contributed by atoms with Crippen LogP contribution in [-0.2, 0) is 10.0 Å². The first kappa shape index (κ1) is 15.2. The summed E-state index contributed by atoms with van der Waals surface area (Å²) in [5, 5.41) is 0.284. The molecule has 7 heteroatoms. The van der Waals surface area contributed by atoms with Crippen molar-refractivity contribution in [1.82, 2.24) is 9.97 Å². The van der Waals surface area contributed by atoms with Crippen LogP contribution in [0.25, 0.3) is 11.0 Å². The number of hydrogen-bond donors (Lipinski definition) is 2. The van der Waals surface area contributed by atoms with Crippen LogP contribution in [0.4, 0.5) is 5.69 Å². The number of fused-ring (bicyclic) bond motifs is 1. The Labute approximate surface area is 133 Å². The highest BCUT2D eigenvalue weighted by Gasteiger charge is 2.21. The van der Waals surface area contributed by atoms with Crippen LogP contribution in [-0.4, -0.2) is 18.4 Å². The molecule has 2 aromatic heterocycles. The Bertz CT molecular complexity index is 1040. The molecule has 1 aromatic carbocycles. The number of aromatic amines is 1. The third-order valence-corrected chi connectivity index (χ3v) is 4.84. The molecule has 0 saturated carbocycles. The van der Waals surface area contributed by atoms with Crippen molar-refractivity contribution in [3.8, 4) is 0 Å². The summed E-state index contributed by atoms with van der Waals surface area (Å²) < 4.78 is 27.4. The van der Waals surface area contributed by atoms with Crippen LogP contribution in [0.2, 0.25) is 0 Å². The molecule has 0 bridgehead atoms. The van der Waals surface area contributed by atoms with Crippen LogP contribution < -0.4 is 10.2 Å². The highest BCUT2D eigenvalue weighted by atomic mass is 32.2. The zero-order valence-corrected chi connectivity index (χ0v) is 13.4. The molecule has 2 N–H and O–H groups in total. The molecule has 0 atom stereocenters. The molecule has 3 rings (SSSR count). The molecule has 0 amide bonds. The first-order valence-corrected chi connectivity index (χ1v) is 8.44. The van der Waals surface area contributed by atoms with Gasteiger partial charge in [-0.1, -0.05) is 18.2 Å². The molecule has 0 unspecified atom stereocenters. The number of H-pyrrole nitrogens is 1. The summed E-state index contributed by atoms with van der Waals surface area (Å²) in [6.45, 7) is 3.57. The molecule has 0 aliphatic heterocycles. The number of hydrogen-bond acceptors (Lipinski definition) is 4. The summed E-state index contributed by atoms with van der Waals surface area (Å²) in [6, 6.07) is 10.2. The SMILES string of the molecule is Cc1cc(C)c2c(=O)c(S(=O)(=O)Nc3ccccc3)c[nH]c2n1. The number of pyridine rings is 2. The van der Waals surface area contributed by atoms with Crippen molar-refractivity contribution in [1.29, 1.82) is 0 Å². The van der Waals surface area contributed by atoms with Crippen molar-refractivity contribution in [2.45, 2.75) is 18.7 Å². The Balaban J connectivity index is 2.17. The van der Waals surface area contributed by atoms with E-state index in [2.05, 4.69) is 14.7 Å². The monoisotopic (exact) mass is 329 g/mol. The van der Waals surface area contributed by atoms with Gasteiger partial charge in [0, 0.05) is 17.6 Å². The van der Waals surface area contributed by atoms with Gasteiger partial charge in [0.2, 0.25) is 5.43 Å². The molecule has 0 spiro atoms. The topological polar surface area (TPSA) is 91.9 Å². The van der Waals surface area contributed by atoms with Crippen LogP contribution in [0.1, 0.15) is 11.3 Å². The van der Waals surface area contributed by atoms with E-state index in [9.17, 15) is 13.2 Å². The van der Waals surface area contributed by atoms with Gasteiger partial charge >= 0.3 is 0 Å². The second-order valence-corrected chi connectivity index (χ2v) is 6.91. The summed E-state index contributed by atoms with van der Waals surface area (Å²) >= 11 is 0. The minimum absolute atomic E-state index is 0.284. The van der Waals surface area contributed by atoms with E-state index in [1.807, 2.05) is 6.92 Å². The fourth-order valence-electron chi connectivity index (χ4n) is 2.47. The predicted octanol–water partition coefficient (Wildman–Crippen LogP) is 2.34. The quantitative estimate of drug-likeness (QED) is 0.771. The van der Waals surface area contributed by atoms with Crippen molar-refractivity contribution in [3.63, 3.8) is 0 Å². The Hall–Kier alpha value is -2.67. The Morgan fingerprint density at radius 2 is 1.83 bits per heavy atom. The van der Waals surface area contributed by atoms with Crippen LogP contribution in [0.5, 0.6) is 0 Å². The molecule has 0 saturated heterocycles. The number of rotatable bonds is 3. The highest BCUT2D eigenvalue weighted by molar-refractivity contribution is 7.92. The number of nitrogens with zero attached hydrogens (tertiary/aromatic N) is 1. The first-order chi connectivity index (χ1) is 10.9. The first-order valence-electron chi connectivity index (χ1n) is 6.96. The summed E-state index contributed by atoms with van der Waals surface area (Å²) in [6.07, 6.45) is 1.18. The molecular formula is C16H15N3O3S. The lowest BCUT2D eigenvalue weighted by Crippen LogP contribution is -2.22. The Morgan fingerprint density at radius 3 is 2.52 bits per heavy atom. The summed E-state index contributed by atoms with van der Waals surface area (Å²) in [7, 11) is -3.98. The van der Waals surface area contributed by atoms with Crippen molar-refractivity contribution in [2.24, 2.45) is 0 Å². The lowest BCUT2D eigenvalue weighted by molar-refractivity contribution is 0.600. The smallest absolute Gasteiger partial charge is 0.267 e. The van der Waals surface area contributed by atoms with E-state index >= 15 is 0 Å². The van der Waals surface area contributed by atoms with Gasteiger partial charge in [0.25, 0.3) is 10.0 Å².